The van der Waals surface area contributed by atoms with E-state index in [4.69, 9.17) is 16.3 Å². The van der Waals surface area contributed by atoms with E-state index in [1.807, 2.05) is 38.1 Å². The SMILES string of the molecule is CCOc1cccc(/C(O)=C2\C(=O)C(=O)N(c3cccc(Cl)c3C)C2c2ccc(C(C)(C)C)cc2)c1. The van der Waals surface area contributed by atoms with Gasteiger partial charge in [-0.3, -0.25) is 14.5 Å². The highest BCUT2D eigenvalue weighted by Crippen LogP contribution is 2.44. The van der Waals surface area contributed by atoms with Gasteiger partial charge in [0, 0.05) is 16.3 Å². The van der Waals surface area contributed by atoms with Gasteiger partial charge in [0.2, 0.25) is 0 Å². The molecule has 1 fully saturated rings. The van der Waals surface area contributed by atoms with Crippen LogP contribution in [0.5, 0.6) is 5.75 Å². The van der Waals surface area contributed by atoms with E-state index >= 15 is 0 Å². The molecule has 5 nitrogen and oxygen atoms in total. The molecule has 0 aromatic heterocycles. The summed E-state index contributed by atoms with van der Waals surface area (Å²) in [4.78, 5) is 28.3. The number of anilines is 1. The van der Waals surface area contributed by atoms with Crippen LogP contribution in [-0.2, 0) is 15.0 Å². The van der Waals surface area contributed by atoms with Crippen molar-refractivity contribution in [2.24, 2.45) is 0 Å². The van der Waals surface area contributed by atoms with Crippen molar-refractivity contribution in [2.45, 2.75) is 46.1 Å². The standard InChI is InChI=1S/C30H30ClNO4/c1-6-36-22-10-7-9-20(17-22)27(33)25-26(19-13-15-21(16-14-19)30(3,4)5)32(29(35)28(25)34)24-12-8-11-23(31)18(24)2/h7-17,26,33H,6H2,1-5H3/b27-25+. The molecule has 0 bridgehead atoms. The van der Waals surface area contributed by atoms with Crippen LogP contribution in [0.3, 0.4) is 0 Å². The third-order valence-electron chi connectivity index (χ3n) is 6.45. The zero-order valence-corrected chi connectivity index (χ0v) is 21.9. The molecule has 4 rings (SSSR count). The van der Waals surface area contributed by atoms with E-state index in [2.05, 4.69) is 20.8 Å². The molecule has 1 N–H and O–H groups in total. The van der Waals surface area contributed by atoms with E-state index in [1.165, 1.54) is 4.90 Å². The van der Waals surface area contributed by atoms with E-state index in [1.54, 1.807) is 42.5 Å². The Morgan fingerprint density at radius 1 is 1.03 bits per heavy atom. The summed E-state index contributed by atoms with van der Waals surface area (Å²) in [5, 5.41) is 11.9. The van der Waals surface area contributed by atoms with E-state index in [0.29, 0.717) is 39.8 Å². The lowest BCUT2D eigenvalue weighted by atomic mass is 9.85. The lowest BCUT2D eigenvalue weighted by molar-refractivity contribution is -0.132. The number of halogens is 1. The van der Waals surface area contributed by atoms with Gasteiger partial charge in [-0.15, -0.1) is 0 Å². The fourth-order valence-corrected chi connectivity index (χ4v) is 4.64. The van der Waals surface area contributed by atoms with Gasteiger partial charge in [-0.2, -0.15) is 0 Å². The van der Waals surface area contributed by atoms with Crippen LogP contribution in [0.4, 0.5) is 5.69 Å². The van der Waals surface area contributed by atoms with Gasteiger partial charge in [0.25, 0.3) is 11.7 Å². The molecule has 1 aliphatic heterocycles. The summed E-state index contributed by atoms with van der Waals surface area (Å²) < 4.78 is 5.57. The van der Waals surface area contributed by atoms with Crippen LogP contribution in [0.1, 0.15) is 56.0 Å². The Kier molecular flexibility index (Phi) is 6.96. The number of nitrogens with zero attached hydrogens (tertiary/aromatic N) is 1. The average molecular weight is 504 g/mol. The summed E-state index contributed by atoms with van der Waals surface area (Å²) in [6.45, 7) is 10.5. The highest BCUT2D eigenvalue weighted by molar-refractivity contribution is 6.52. The summed E-state index contributed by atoms with van der Waals surface area (Å²) in [6, 6.07) is 19.1. The van der Waals surface area contributed by atoms with E-state index < -0.39 is 17.7 Å². The molecule has 1 atom stereocenters. The monoisotopic (exact) mass is 503 g/mol. The van der Waals surface area contributed by atoms with Gasteiger partial charge in [-0.25, -0.2) is 0 Å². The predicted octanol–water partition coefficient (Wildman–Crippen LogP) is 6.97. The zero-order valence-electron chi connectivity index (χ0n) is 21.1. The van der Waals surface area contributed by atoms with Crippen molar-refractivity contribution < 1.29 is 19.4 Å². The number of hydrogen-bond donors (Lipinski definition) is 1. The quantitative estimate of drug-likeness (QED) is 0.232. The van der Waals surface area contributed by atoms with Crippen molar-refractivity contribution in [1.29, 1.82) is 0 Å². The molecule has 1 saturated heterocycles. The number of aliphatic hydroxyl groups excluding tert-OH is 1. The molecule has 6 heteroatoms. The van der Waals surface area contributed by atoms with E-state index in [0.717, 1.165) is 5.56 Å². The Hall–Kier alpha value is -3.57. The summed E-state index contributed by atoms with van der Waals surface area (Å²) in [5.41, 5.74) is 3.39. The normalized spacial score (nSPS) is 17.5. The average Bonchev–Trinajstić information content (AvgIpc) is 3.10. The fraction of sp³-hybridized carbons (Fsp3) is 0.267. The largest absolute Gasteiger partial charge is 0.507 e. The second-order valence-electron chi connectivity index (χ2n) is 9.89. The number of aliphatic hydroxyl groups is 1. The van der Waals surface area contributed by atoms with E-state index in [-0.39, 0.29) is 16.7 Å². The van der Waals surface area contributed by atoms with Gasteiger partial charge in [0.15, 0.2) is 0 Å². The number of ketones is 1. The molecule has 0 spiro atoms. The first-order chi connectivity index (χ1) is 17.0. The van der Waals surface area contributed by atoms with Crippen LogP contribution in [0.15, 0.2) is 72.3 Å². The second-order valence-corrected chi connectivity index (χ2v) is 10.3. The first kappa shape index (κ1) is 25.5. The molecule has 186 valence electrons. The number of amides is 1. The summed E-state index contributed by atoms with van der Waals surface area (Å²) >= 11 is 6.38. The molecule has 1 unspecified atom stereocenters. The number of Topliss-reactive ketones (excluding diaryl/α,β-unsaturated/α-hetero) is 1. The first-order valence-corrected chi connectivity index (χ1v) is 12.3. The van der Waals surface area contributed by atoms with Gasteiger partial charge in [-0.05, 0) is 60.2 Å². The maximum atomic E-state index is 13.5. The number of carbonyl (C=O) groups excluding carboxylic acids is 2. The summed E-state index contributed by atoms with van der Waals surface area (Å²) in [6.07, 6.45) is 0. The van der Waals surface area contributed by atoms with Crippen molar-refractivity contribution in [3.8, 4) is 5.75 Å². The maximum absolute atomic E-state index is 13.5. The fourth-order valence-electron chi connectivity index (χ4n) is 4.47. The molecule has 0 radical (unpaired) electrons. The molecule has 3 aromatic carbocycles. The van der Waals surface area contributed by atoms with Gasteiger partial charge in [0.05, 0.1) is 18.2 Å². The minimum Gasteiger partial charge on any atom is -0.507 e. The van der Waals surface area contributed by atoms with Gasteiger partial charge in [0.1, 0.15) is 11.5 Å². The molecule has 0 aliphatic carbocycles. The number of benzene rings is 3. The second kappa shape index (κ2) is 9.82. The highest BCUT2D eigenvalue weighted by Gasteiger charge is 2.47. The van der Waals surface area contributed by atoms with Crippen molar-refractivity contribution in [1.82, 2.24) is 0 Å². The molecule has 1 aliphatic rings. The first-order valence-electron chi connectivity index (χ1n) is 11.9. The Bertz CT molecular complexity index is 1350. The molecular formula is C30H30ClNO4. The zero-order chi connectivity index (χ0) is 26.2. The third kappa shape index (κ3) is 4.63. The van der Waals surface area contributed by atoms with Crippen molar-refractivity contribution >= 4 is 34.7 Å². The Balaban J connectivity index is 1.95. The van der Waals surface area contributed by atoms with Crippen molar-refractivity contribution in [2.75, 3.05) is 11.5 Å². The minimum absolute atomic E-state index is 0.0246. The minimum atomic E-state index is -0.827. The topological polar surface area (TPSA) is 66.8 Å². The Morgan fingerprint density at radius 3 is 2.33 bits per heavy atom. The lowest BCUT2D eigenvalue weighted by Crippen LogP contribution is -2.30. The molecule has 3 aromatic rings. The Morgan fingerprint density at radius 2 is 1.69 bits per heavy atom. The van der Waals surface area contributed by atoms with Crippen LogP contribution in [0.2, 0.25) is 5.02 Å². The Labute approximate surface area is 217 Å². The highest BCUT2D eigenvalue weighted by atomic mass is 35.5. The third-order valence-corrected chi connectivity index (χ3v) is 6.86. The van der Waals surface area contributed by atoms with Crippen LogP contribution in [0.25, 0.3) is 5.76 Å². The van der Waals surface area contributed by atoms with Crippen LogP contribution < -0.4 is 9.64 Å². The van der Waals surface area contributed by atoms with Gasteiger partial charge >= 0.3 is 0 Å². The molecular weight excluding hydrogens is 474 g/mol. The summed E-state index contributed by atoms with van der Waals surface area (Å²) in [7, 11) is 0. The summed E-state index contributed by atoms with van der Waals surface area (Å²) in [5.74, 6) is -1.15. The predicted molar refractivity (Wildman–Crippen MR) is 144 cm³/mol. The smallest absolute Gasteiger partial charge is 0.300 e. The lowest BCUT2D eigenvalue weighted by Gasteiger charge is -2.28. The molecule has 1 heterocycles. The van der Waals surface area contributed by atoms with Crippen LogP contribution in [0, 0.1) is 6.92 Å². The van der Waals surface area contributed by atoms with Gasteiger partial charge < -0.3 is 9.84 Å². The molecule has 36 heavy (non-hydrogen) atoms. The number of rotatable bonds is 5. The number of carbonyl (C=O) groups is 2. The number of hydrogen-bond acceptors (Lipinski definition) is 4. The molecule has 0 saturated carbocycles. The number of ether oxygens (including phenoxy) is 1. The molecule has 1 amide bonds. The van der Waals surface area contributed by atoms with Crippen molar-refractivity contribution in [3.05, 3.63) is 99.6 Å². The maximum Gasteiger partial charge on any atom is 0.300 e. The van der Waals surface area contributed by atoms with Crippen LogP contribution in [-0.4, -0.2) is 23.4 Å². The van der Waals surface area contributed by atoms with Gasteiger partial charge in [-0.1, -0.05) is 74.8 Å². The van der Waals surface area contributed by atoms with E-state index in [9.17, 15) is 14.7 Å². The van der Waals surface area contributed by atoms with Crippen LogP contribution >= 0.6 is 11.6 Å². The van der Waals surface area contributed by atoms with Crippen molar-refractivity contribution in [3.63, 3.8) is 0 Å².